The predicted molar refractivity (Wildman–Crippen MR) is 50.5 cm³/mol. The van der Waals surface area contributed by atoms with E-state index in [0.29, 0.717) is 0 Å². The van der Waals surface area contributed by atoms with Crippen molar-refractivity contribution in [2.24, 2.45) is 0 Å². The predicted octanol–water partition coefficient (Wildman–Crippen LogP) is 1.04. The molecular weight excluding hydrogens is 240 g/mol. The zero-order valence-corrected chi connectivity index (χ0v) is 9.09. The number of hydrogen-bond acceptors (Lipinski definition) is 4. The van der Waals surface area contributed by atoms with Crippen LogP contribution in [0.2, 0.25) is 0 Å². The van der Waals surface area contributed by atoms with Gasteiger partial charge in [0.1, 0.15) is 0 Å². The van der Waals surface area contributed by atoms with E-state index < -0.39 is 16.3 Å². The minimum atomic E-state index is -1.46. The standard InChI is InChI=1S/C8H11BrO4/c1-4-5-8(9,6(10)12-2)7(11)13-3/h4H,1,5H2,2-3H3. The van der Waals surface area contributed by atoms with Gasteiger partial charge in [-0.15, -0.1) is 6.58 Å². The largest absolute Gasteiger partial charge is 0.468 e. The Morgan fingerprint density at radius 3 is 2.00 bits per heavy atom. The lowest BCUT2D eigenvalue weighted by Crippen LogP contribution is -2.42. The van der Waals surface area contributed by atoms with Crippen LogP contribution in [0.4, 0.5) is 0 Å². The molecule has 4 nitrogen and oxygen atoms in total. The van der Waals surface area contributed by atoms with E-state index in [1.54, 1.807) is 0 Å². The lowest BCUT2D eigenvalue weighted by molar-refractivity contribution is -0.155. The number of rotatable bonds is 4. The maximum absolute atomic E-state index is 11.2. The van der Waals surface area contributed by atoms with E-state index in [4.69, 9.17) is 0 Å². The maximum atomic E-state index is 11.2. The summed E-state index contributed by atoms with van der Waals surface area (Å²) in [4.78, 5) is 22.4. The highest BCUT2D eigenvalue weighted by atomic mass is 79.9. The third kappa shape index (κ3) is 2.55. The highest BCUT2D eigenvalue weighted by Crippen LogP contribution is 2.26. The molecule has 0 aromatic heterocycles. The first-order chi connectivity index (χ1) is 6.02. The molecule has 0 spiro atoms. The molecule has 0 rings (SSSR count). The van der Waals surface area contributed by atoms with Crippen molar-refractivity contribution in [2.45, 2.75) is 10.7 Å². The fourth-order valence-corrected chi connectivity index (χ4v) is 1.33. The number of carbonyl (C=O) groups is 2. The Bertz CT molecular complexity index is 208. The molecule has 0 bridgehead atoms. The van der Waals surface area contributed by atoms with E-state index in [-0.39, 0.29) is 6.42 Å². The second-order valence-corrected chi connectivity index (χ2v) is 3.63. The van der Waals surface area contributed by atoms with Gasteiger partial charge in [-0.1, -0.05) is 22.0 Å². The summed E-state index contributed by atoms with van der Waals surface area (Å²) in [5.41, 5.74) is 0. The van der Waals surface area contributed by atoms with E-state index in [1.165, 1.54) is 20.3 Å². The lowest BCUT2D eigenvalue weighted by atomic mass is 10.1. The SMILES string of the molecule is C=CCC(Br)(C(=O)OC)C(=O)OC. The van der Waals surface area contributed by atoms with Crippen molar-refractivity contribution in [1.82, 2.24) is 0 Å². The summed E-state index contributed by atoms with van der Waals surface area (Å²) in [5, 5.41) is 0. The summed E-state index contributed by atoms with van der Waals surface area (Å²) >= 11 is 2.98. The molecule has 0 saturated carbocycles. The number of halogens is 1. The third-order valence-electron chi connectivity index (χ3n) is 1.44. The quantitative estimate of drug-likeness (QED) is 0.324. The molecule has 0 aliphatic heterocycles. The highest BCUT2D eigenvalue weighted by molar-refractivity contribution is 9.10. The summed E-state index contributed by atoms with van der Waals surface area (Å²) in [6.07, 6.45) is 1.55. The molecule has 0 amide bonds. The maximum Gasteiger partial charge on any atom is 0.334 e. The van der Waals surface area contributed by atoms with Crippen molar-refractivity contribution in [2.75, 3.05) is 14.2 Å². The minimum absolute atomic E-state index is 0.117. The first kappa shape index (κ1) is 12.2. The summed E-state index contributed by atoms with van der Waals surface area (Å²) < 4.78 is 7.45. The highest BCUT2D eigenvalue weighted by Gasteiger charge is 2.44. The number of methoxy groups -OCH3 is 2. The van der Waals surface area contributed by atoms with Crippen molar-refractivity contribution < 1.29 is 19.1 Å². The second-order valence-electron chi connectivity index (χ2n) is 2.28. The fraction of sp³-hybridized carbons (Fsp3) is 0.500. The van der Waals surface area contributed by atoms with Crippen LogP contribution in [0.1, 0.15) is 6.42 Å². The van der Waals surface area contributed by atoms with Crippen LogP contribution in [-0.2, 0) is 19.1 Å². The van der Waals surface area contributed by atoms with Gasteiger partial charge in [-0.25, -0.2) is 9.59 Å². The van der Waals surface area contributed by atoms with Crippen LogP contribution in [-0.4, -0.2) is 30.5 Å². The second kappa shape index (κ2) is 5.01. The Labute approximate surface area is 85.0 Å². The third-order valence-corrected chi connectivity index (χ3v) is 2.41. The smallest absolute Gasteiger partial charge is 0.334 e. The van der Waals surface area contributed by atoms with Crippen LogP contribution in [0.15, 0.2) is 12.7 Å². The Morgan fingerprint density at radius 2 is 1.77 bits per heavy atom. The minimum Gasteiger partial charge on any atom is -0.468 e. The van der Waals surface area contributed by atoms with Gasteiger partial charge in [0.25, 0.3) is 0 Å². The Balaban J connectivity index is 4.81. The van der Waals surface area contributed by atoms with E-state index in [2.05, 4.69) is 32.0 Å². The van der Waals surface area contributed by atoms with Crippen molar-refractivity contribution in [3.63, 3.8) is 0 Å². The monoisotopic (exact) mass is 250 g/mol. The topological polar surface area (TPSA) is 52.6 Å². The molecule has 0 heterocycles. The first-order valence-corrected chi connectivity index (χ1v) is 4.29. The number of ether oxygens (including phenoxy) is 2. The van der Waals surface area contributed by atoms with E-state index in [9.17, 15) is 9.59 Å². The normalized spacial score (nSPS) is 10.4. The Morgan fingerprint density at radius 1 is 1.38 bits per heavy atom. The van der Waals surface area contributed by atoms with E-state index in [0.717, 1.165) is 0 Å². The molecule has 13 heavy (non-hydrogen) atoms. The zero-order chi connectivity index (χ0) is 10.5. The fourth-order valence-electron chi connectivity index (χ4n) is 0.772. The Hall–Kier alpha value is -0.840. The van der Waals surface area contributed by atoms with E-state index in [1.807, 2.05) is 0 Å². The van der Waals surface area contributed by atoms with Crippen molar-refractivity contribution in [1.29, 1.82) is 0 Å². The molecular formula is C8H11BrO4. The van der Waals surface area contributed by atoms with Crippen LogP contribution >= 0.6 is 15.9 Å². The van der Waals surface area contributed by atoms with Gasteiger partial charge in [-0.3, -0.25) is 0 Å². The number of alkyl halides is 1. The van der Waals surface area contributed by atoms with Gasteiger partial charge >= 0.3 is 11.9 Å². The van der Waals surface area contributed by atoms with Crippen LogP contribution < -0.4 is 0 Å². The first-order valence-electron chi connectivity index (χ1n) is 3.49. The molecule has 0 unspecified atom stereocenters. The van der Waals surface area contributed by atoms with Crippen molar-refractivity contribution >= 4 is 27.9 Å². The number of carbonyl (C=O) groups excluding carboxylic acids is 2. The molecule has 74 valence electrons. The van der Waals surface area contributed by atoms with Gasteiger partial charge in [-0.2, -0.15) is 0 Å². The zero-order valence-electron chi connectivity index (χ0n) is 7.50. The van der Waals surface area contributed by atoms with Crippen LogP contribution in [0, 0.1) is 0 Å². The Kier molecular flexibility index (Phi) is 4.69. The summed E-state index contributed by atoms with van der Waals surface area (Å²) in [6, 6.07) is 0. The van der Waals surface area contributed by atoms with Crippen LogP contribution in [0.5, 0.6) is 0 Å². The van der Waals surface area contributed by atoms with Gasteiger partial charge in [0, 0.05) is 6.42 Å². The molecule has 0 aliphatic carbocycles. The summed E-state index contributed by atoms with van der Waals surface area (Å²) in [7, 11) is 2.40. The van der Waals surface area contributed by atoms with Crippen molar-refractivity contribution in [3.8, 4) is 0 Å². The molecule has 0 saturated heterocycles. The average molecular weight is 251 g/mol. The number of hydrogen-bond donors (Lipinski definition) is 0. The van der Waals surface area contributed by atoms with Gasteiger partial charge in [0.05, 0.1) is 14.2 Å². The molecule has 0 N–H and O–H groups in total. The van der Waals surface area contributed by atoms with Crippen molar-refractivity contribution in [3.05, 3.63) is 12.7 Å². The molecule has 0 atom stereocenters. The van der Waals surface area contributed by atoms with Gasteiger partial charge in [0.2, 0.25) is 4.32 Å². The van der Waals surface area contributed by atoms with E-state index >= 15 is 0 Å². The molecule has 0 radical (unpaired) electrons. The number of allylic oxidation sites excluding steroid dienone is 1. The average Bonchev–Trinajstić information content (AvgIpc) is 2.15. The molecule has 5 heteroatoms. The molecule has 0 aliphatic rings. The van der Waals surface area contributed by atoms with Gasteiger partial charge in [0.15, 0.2) is 0 Å². The van der Waals surface area contributed by atoms with Crippen LogP contribution in [0.25, 0.3) is 0 Å². The molecule has 0 aromatic carbocycles. The van der Waals surface area contributed by atoms with Crippen LogP contribution in [0.3, 0.4) is 0 Å². The summed E-state index contributed by atoms with van der Waals surface area (Å²) in [5.74, 6) is -1.39. The summed E-state index contributed by atoms with van der Waals surface area (Å²) in [6.45, 7) is 3.43. The molecule has 0 fully saturated rings. The number of esters is 2. The van der Waals surface area contributed by atoms with Gasteiger partial charge < -0.3 is 9.47 Å². The lowest BCUT2D eigenvalue weighted by Gasteiger charge is -2.19. The van der Waals surface area contributed by atoms with Gasteiger partial charge in [-0.05, 0) is 0 Å². The molecule has 0 aromatic rings.